The van der Waals surface area contributed by atoms with Gasteiger partial charge in [0.15, 0.2) is 5.78 Å². The van der Waals surface area contributed by atoms with Gasteiger partial charge in [-0.15, -0.1) is 11.3 Å². The van der Waals surface area contributed by atoms with Gasteiger partial charge in [0.05, 0.1) is 7.11 Å². The van der Waals surface area contributed by atoms with E-state index < -0.39 is 0 Å². The molecule has 0 unspecified atom stereocenters. The van der Waals surface area contributed by atoms with Crippen LogP contribution in [0, 0.1) is 0 Å². The fraction of sp³-hybridized carbons (Fsp3) is 0.182. The van der Waals surface area contributed by atoms with Gasteiger partial charge in [0.25, 0.3) is 0 Å². The van der Waals surface area contributed by atoms with Crippen molar-refractivity contribution in [1.82, 2.24) is 0 Å². The first-order valence-electron chi connectivity index (χ1n) is 4.28. The van der Waals surface area contributed by atoms with Gasteiger partial charge in [0.1, 0.15) is 5.75 Å². The van der Waals surface area contributed by atoms with Crippen LogP contribution in [0.5, 0.6) is 5.75 Å². The van der Waals surface area contributed by atoms with E-state index in [-0.39, 0.29) is 5.78 Å². The van der Waals surface area contributed by atoms with E-state index >= 15 is 0 Å². The number of carbonyl (C=O) groups is 1. The van der Waals surface area contributed by atoms with Crippen LogP contribution in [0.15, 0.2) is 23.6 Å². The quantitative estimate of drug-likeness (QED) is 0.706. The molecule has 0 spiro atoms. The monoisotopic (exact) mass is 206 g/mol. The molecule has 0 saturated carbocycles. The van der Waals surface area contributed by atoms with Crippen LogP contribution in [0.2, 0.25) is 0 Å². The van der Waals surface area contributed by atoms with Gasteiger partial charge in [-0.3, -0.25) is 4.79 Å². The largest absolute Gasteiger partial charge is 0.497 e. The summed E-state index contributed by atoms with van der Waals surface area (Å²) in [6, 6.07) is 5.76. The van der Waals surface area contributed by atoms with Crippen LogP contribution in [0.25, 0.3) is 10.1 Å². The molecule has 2 nitrogen and oxygen atoms in total. The zero-order valence-electron chi connectivity index (χ0n) is 8.03. The molecule has 0 aliphatic rings. The molecule has 0 aliphatic heterocycles. The molecule has 1 aromatic heterocycles. The smallest absolute Gasteiger partial charge is 0.161 e. The van der Waals surface area contributed by atoms with Crippen molar-refractivity contribution in [3.05, 3.63) is 29.1 Å². The average molecular weight is 206 g/mol. The molecule has 0 fully saturated rings. The van der Waals surface area contributed by atoms with E-state index in [1.165, 1.54) is 0 Å². The minimum absolute atomic E-state index is 0.112. The van der Waals surface area contributed by atoms with Crippen molar-refractivity contribution in [2.75, 3.05) is 7.11 Å². The summed E-state index contributed by atoms with van der Waals surface area (Å²) in [5.41, 5.74) is 0.799. The predicted molar refractivity (Wildman–Crippen MR) is 58.4 cm³/mol. The lowest BCUT2D eigenvalue weighted by molar-refractivity contribution is 0.101. The predicted octanol–water partition coefficient (Wildman–Crippen LogP) is 3.11. The Bertz CT molecular complexity index is 485. The van der Waals surface area contributed by atoms with E-state index in [0.29, 0.717) is 0 Å². The second-order valence-electron chi connectivity index (χ2n) is 3.07. The highest BCUT2D eigenvalue weighted by Crippen LogP contribution is 2.29. The van der Waals surface area contributed by atoms with E-state index in [4.69, 9.17) is 4.74 Å². The Labute approximate surface area is 86.1 Å². The van der Waals surface area contributed by atoms with Crippen molar-refractivity contribution < 1.29 is 9.53 Å². The Morgan fingerprint density at radius 1 is 1.43 bits per heavy atom. The molecule has 1 aromatic carbocycles. The molecular weight excluding hydrogens is 196 g/mol. The summed E-state index contributed by atoms with van der Waals surface area (Å²) in [6.07, 6.45) is 0. The number of thiophene rings is 1. The lowest BCUT2D eigenvalue weighted by Gasteiger charge is -1.98. The van der Waals surface area contributed by atoms with Gasteiger partial charge in [0.2, 0.25) is 0 Å². The number of benzene rings is 1. The molecule has 1 heterocycles. The number of Topliss-reactive ketones (excluding diaryl/α,β-unsaturated/α-hetero) is 1. The minimum atomic E-state index is 0.112. The summed E-state index contributed by atoms with van der Waals surface area (Å²) in [5, 5.41) is 2.91. The lowest BCUT2D eigenvalue weighted by atomic mass is 10.1. The van der Waals surface area contributed by atoms with Gasteiger partial charge in [-0.1, -0.05) is 0 Å². The summed E-state index contributed by atoms with van der Waals surface area (Å²) >= 11 is 1.57. The molecule has 2 aromatic rings. The van der Waals surface area contributed by atoms with Crippen LogP contribution in [0.4, 0.5) is 0 Å². The van der Waals surface area contributed by atoms with E-state index in [1.807, 2.05) is 23.6 Å². The zero-order valence-corrected chi connectivity index (χ0v) is 8.85. The third-order valence-corrected chi connectivity index (χ3v) is 3.11. The maximum Gasteiger partial charge on any atom is 0.161 e. The molecule has 72 valence electrons. The summed E-state index contributed by atoms with van der Waals surface area (Å²) in [7, 11) is 1.64. The van der Waals surface area contributed by atoms with Gasteiger partial charge in [-0.2, -0.15) is 0 Å². The van der Waals surface area contributed by atoms with E-state index in [0.717, 1.165) is 21.4 Å². The number of ether oxygens (including phenoxy) is 1. The summed E-state index contributed by atoms with van der Waals surface area (Å²) in [4.78, 5) is 11.3. The van der Waals surface area contributed by atoms with Gasteiger partial charge in [-0.25, -0.2) is 0 Å². The normalized spacial score (nSPS) is 10.4. The van der Waals surface area contributed by atoms with Gasteiger partial charge < -0.3 is 4.74 Å². The number of hydrogen-bond acceptors (Lipinski definition) is 3. The Hall–Kier alpha value is -1.35. The van der Waals surface area contributed by atoms with Crippen molar-refractivity contribution in [3.8, 4) is 5.75 Å². The Morgan fingerprint density at radius 2 is 2.21 bits per heavy atom. The first kappa shape index (κ1) is 9.21. The van der Waals surface area contributed by atoms with E-state index in [9.17, 15) is 4.79 Å². The fourth-order valence-corrected chi connectivity index (χ4v) is 2.44. The minimum Gasteiger partial charge on any atom is -0.497 e. The third-order valence-electron chi connectivity index (χ3n) is 2.16. The van der Waals surface area contributed by atoms with Crippen LogP contribution in [-0.4, -0.2) is 12.9 Å². The molecule has 0 radical (unpaired) electrons. The second-order valence-corrected chi connectivity index (χ2v) is 3.98. The Morgan fingerprint density at radius 3 is 2.86 bits per heavy atom. The van der Waals surface area contributed by atoms with E-state index in [1.54, 1.807) is 25.4 Å². The van der Waals surface area contributed by atoms with Gasteiger partial charge >= 0.3 is 0 Å². The number of fused-ring (bicyclic) bond motifs is 1. The second kappa shape index (κ2) is 3.42. The fourth-order valence-electron chi connectivity index (χ4n) is 1.41. The van der Waals surface area contributed by atoms with Crippen molar-refractivity contribution in [3.63, 3.8) is 0 Å². The number of carbonyl (C=O) groups excluding carboxylic acids is 1. The Balaban J connectivity index is 2.65. The number of ketones is 1. The highest BCUT2D eigenvalue weighted by atomic mass is 32.1. The molecule has 0 aliphatic carbocycles. The number of hydrogen-bond donors (Lipinski definition) is 0. The number of methoxy groups -OCH3 is 1. The zero-order chi connectivity index (χ0) is 10.1. The van der Waals surface area contributed by atoms with Crippen molar-refractivity contribution in [2.45, 2.75) is 6.92 Å². The summed E-state index contributed by atoms with van der Waals surface area (Å²) in [5.74, 6) is 0.941. The molecule has 0 atom stereocenters. The van der Waals surface area contributed by atoms with Crippen molar-refractivity contribution in [2.24, 2.45) is 0 Å². The topological polar surface area (TPSA) is 26.3 Å². The summed E-state index contributed by atoms with van der Waals surface area (Å²) in [6.45, 7) is 1.59. The lowest BCUT2D eigenvalue weighted by Crippen LogP contribution is -1.88. The van der Waals surface area contributed by atoms with Gasteiger partial charge in [-0.05, 0) is 25.1 Å². The average Bonchev–Trinajstić information content (AvgIpc) is 2.59. The van der Waals surface area contributed by atoms with Crippen LogP contribution in [0.1, 0.15) is 17.3 Å². The standard InChI is InChI=1S/C11H10O2S/c1-7(12)10-6-14-11-5-8(13-2)3-4-9(10)11/h3-6H,1-2H3. The van der Waals surface area contributed by atoms with Crippen LogP contribution in [0.3, 0.4) is 0 Å². The van der Waals surface area contributed by atoms with Crippen LogP contribution < -0.4 is 4.74 Å². The molecule has 0 amide bonds. The highest BCUT2D eigenvalue weighted by Gasteiger charge is 2.08. The maximum absolute atomic E-state index is 11.3. The van der Waals surface area contributed by atoms with Gasteiger partial charge in [0, 0.05) is 21.0 Å². The molecule has 0 saturated heterocycles. The first-order valence-corrected chi connectivity index (χ1v) is 5.16. The molecule has 0 bridgehead atoms. The summed E-state index contributed by atoms with van der Waals surface area (Å²) < 4.78 is 6.21. The SMILES string of the molecule is COc1ccc2c(C(C)=O)csc2c1. The van der Waals surface area contributed by atoms with Crippen LogP contribution in [-0.2, 0) is 0 Å². The molecule has 14 heavy (non-hydrogen) atoms. The van der Waals surface area contributed by atoms with E-state index in [2.05, 4.69) is 0 Å². The Kier molecular flexibility index (Phi) is 2.25. The van der Waals surface area contributed by atoms with Crippen LogP contribution >= 0.6 is 11.3 Å². The highest BCUT2D eigenvalue weighted by molar-refractivity contribution is 7.17. The van der Waals surface area contributed by atoms with Crippen molar-refractivity contribution in [1.29, 1.82) is 0 Å². The molecular formula is C11H10O2S. The first-order chi connectivity index (χ1) is 6.72. The molecule has 3 heteroatoms. The molecule has 2 rings (SSSR count). The third kappa shape index (κ3) is 1.40. The molecule has 0 N–H and O–H groups in total. The van der Waals surface area contributed by atoms with Crippen molar-refractivity contribution >= 4 is 27.2 Å². The maximum atomic E-state index is 11.3. The number of rotatable bonds is 2.